The highest BCUT2D eigenvalue weighted by molar-refractivity contribution is 5.99. The first-order valence-corrected chi connectivity index (χ1v) is 7.79. The molecule has 0 saturated heterocycles. The van der Waals surface area contributed by atoms with Gasteiger partial charge in [-0.25, -0.2) is 10.4 Å². The summed E-state index contributed by atoms with van der Waals surface area (Å²) < 4.78 is 0. The third kappa shape index (κ3) is 4.71. The number of pyridine rings is 2. The van der Waals surface area contributed by atoms with Crippen LogP contribution in [0.4, 0.5) is 5.82 Å². The third-order valence-electron chi connectivity index (χ3n) is 3.44. The number of carbonyl (C=O) groups excluding carboxylic acids is 1. The maximum absolute atomic E-state index is 12.4. The van der Waals surface area contributed by atoms with Crippen LogP contribution < -0.4 is 10.7 Å². The maximum atomic E-state index is 12.4. The van der Waals surface area contributed by atoms with Gasteiger partial charge in [-0.2, -0.15) is 5.10 Å². The number of rotatable bonds is 6. The van der Waals surface area contributed by atoms with E-state index in [1.165, 1.54) is 0 Å². The SMILES string of the molecule is O=C(N/N=C/c1ccccc1)c1cccnc1NCc1ccncc1. The van der Waals surface area contributed by atoms with Crippen molar-refractivity contribution in [1.29, 1.82) is 0 Å². The van der Waals surface area contributed by atoms with Crippen LogP contribution in [0, 0.1) is 0 Å². The molecule has 0 spiro atoms. The van der Waals surface area contributed by atoms with Gasteiger partial charge >= 0.3 is 0 Å². The molecule has 0 saturated carbocycles. The Morgan fingerprint density at radius 3 is 2.60 bits per heavy atom. The summed E-state index contributed by atoms with van der Waals surface area (Å²) >= 11 is 0. The lowest BCUT2D eigenvalue weighted by molar-refractivity contribution is 0.0955. The van der Waals surface area contributed by atoms with Crippen LogP contribution in [0.5, 0.6) is 0 Å². The molecule has 6 nitrogen and oxygen atoms in total. The van der Waals surface area contributed by atoms with E-state index in [0.717, 1.165) is 11.1 Å². The molecule has 3 aromatic rings. The molecule has 0 unspecified atom stereocenters. The Labute approximate surface area is 145 Å². The van der Waals surface area contributed by atoms with Gasteiger partial charge in [0.25, 0.3) is 5.91 Å². The number of aromatic nitrogens is 2. The van der Waals surface area contributed by atoms with Gasteiger partial charge in [0, 0.05) is 25.1 Å². The summed E-state index contributed by atoms with van der Waals surface area (Å²) in [6, 6.07) is 16.8. The average molecular weight is 331 g/mol. The quantitative estimate of drug-likeness (QED) is 0.538. The van der Waals surface area contributed by atoms with E-state index in [4.69, 9.17) is 0 Å². The van der Waals surface area contributed by atoms with E-state index >= 15 is 0 Å². The van der Waals surface area contributed by atoms with Gasteiger partial charge in [-0.1, -0.05) is 30.3 Å². The predicted molar refractivity (Wildman–Crippen MR) is 97.3 cm³/mol. The highest BCUT2D eigenvalue weighted by Gasteiger charge is 2.11. The molecule has 0 radical (unpaired) electrons. The van der Waals surface area contributed by atoms with Crippen molar-refractivity contribution in [2.45, 2.75) is 6.54 Å². The molecule has 0 aliphatic rings. The number of nitrogens with one attached hydrogen (secondary N) is 2. The molecule has 3 rings (SSSR count). The van der Waals surface area contributed by atoms with Crippen molar-refractivity contribution < 1.29 is 4.79 Å². The van der Waals surface area contributed by atoms with Gasteiger partial charge in [0.2, 0.25) is 0 Å². The molecule has 1 amide bonds. The first-order valence-electron chi connectivity index (χ1n) is 7.79. The number of hydrazone groups is 1. The zero-order valence-electron chi connectivity index (χ0n) is 13.5. The number of hydrogen-bond acceptors (Lipinski definition) is 5. The molecule has 0 aliphatic carbocycles. The molecule has 2 N–H and O–H groups in total. The molecule has 0 fully saturated rings. The second kappa shape index (κ2) is 8.35. The fourth-order valence-corrected chi connectivity index (χ4v) is 2.18. The van der Waals surface area contributed by atoms with Gasteiger partial charge < -0.3 is 5.32 Å². The van der Waals surface area contributed by atoms with Gasteiger partial charge in [-0.3, -0.25) is 9.78 Å². The van der Waals surface area contributed by atoms with Crippen LogP contribution in [-0.2, 0) is 6.54 Å². The molecule has 2 heterocycles. The summed E-state index contributed by atoms with van der Waals surface area (Å²) in [6.07, 6.45) is 6.68. The molecule has 6 heteroatoms. The smallest absolute Gasteiger partial charge is 0.275 e. The van der Waals surface area contributed by atoms with Crippen LogP contribution >= 0.6 is 0 Å². The third-order valence-corrected chi connectivity index (χ3v) is 3.44. The largest absolute Gasteiger partial charge is 0.365 e. The zero-order chi connectivity index (χ0) is 17.3. The van der Waals surface area contributed by atoms with Crippen LogP contribution in [-0.4, -0.2) is 22.1 Å². The molecule has 0 bridgehead atoms. The van der Waals surface area contributed by atoms with Crippen LogP contribution in [0.15, 0.2) is 78.3 Å². The van der Waals surface area contributed by atoms with Gasteiger partial charge in [0.15, 0.2) is 0 Å². The fourth-order valence-electron chi connectivity index (χ4n) is 2.18. The van der Waals surface area contributed by atoms with Crippen LogP contribution in [0.2, 0.25) is 0 Å². The highest BCUT2D eigenvalue weighted by atomic mass is 16.2. The molecule has 0 atom stereocenters. The molecule has 1 aromatic carbocycles. The molecule has 124 valence electrons. The van der Waals surface area contributed by atoms with E-state index in [1.807, 2.05) is 42.5 Å². The Morgan fingerprint density at radius 2 is 1.80 bits per heavy atom. The standard InChI is InChI=1S/C19H17N5O/c25-19(24-23-14-15-5-2-1-3-6-15)17-7-4-10-21-18(17)22-13-16-8-11-20-12-9-16/h1-12,14H,13H2,(H,21,22)(H,24,25)/b23-14+. The normalized spacial score (nSPS) is 10.6. The summed E-state index contributed by atoms with van der Waals surface area (Å²) in [6.45, 7) is 0.549. The van der Waals surface area contributed by atoms with Crippen molar-refractivity contribution in [2.24, 2.45) is 5.10 Å². The summed E-state index contributed by atoms with van der Waals surface area (Å²) in [5.41, 5.74) is 4.92. The van der Waals surface area contributed by atoms with Crippen LogP contribution in [0.3, 0.4) is 0 Å². The van der Waals surface area contributed by atoms with Crippen molar-refractivity contribution in [3.63, 3.8) is 0 Å². The topological polar surface area (TPSA) is 79.3 Å². The monoisotopic (exact) mass is 331 g/mol. The van der Waals surface area contributed by atoms with E-state index < -0.39 is 0 Å². The van der Waals surface area contributed by atoms with Gasteiger partial charge in [0.05, 0.1) is 11.8 Å². The number of benzene rings is 1. The number of hydrogen-bond donors (Lipinski definition) is 2. The Morgan fingerprint density at radius 1 is 1.00 bits per heavy atom. The lowest BCUT2D eigenvalue weighted by Crippen LogP contribution is -2.20. The lowest BCUT2D eigenvalue weighted by atomic mass is 10.2. The first-order chi connectivity index (χ1) is 12.3. The average Bonchev–Trinajstić information content (AvgIpc) is 2.68. The summed E-state index contributed by atoms with van der Waals surface area (Å²) in [5.74, 6) is 0.184. The summed E-state index contributed by atoms with van der Waals surface area (Å²) in [4.78, 5) is 20.6. The summed E-state index contributed by atoms with van der Waals surface area (Å²) in [7, 11) is 0. The Bertz CT molecular complexity index is 850. The number of nitrogens with zero attached hydrogens (tertiary/aromatic N) is 3. The fraction of sp³-hybridized carbons (Fsp3) is 0.0526. The van der Waals surface area contributed by atoms with E-state index in [-0.39, 0.29) is 5.91 Å². The minimum absolute atomic E-state index is 0.322. The van der Waals surface area contributed by atoms with Crippen LogP contribution in [0.25, 0.3) is 0 Å². The van der Waals surface area contributed by atoms with E-state index in [2.05, 4.69) is 25.8 Å². The number of amides is 1. The van der Waals surface area contributed by atoms with E-state index in [9.17, 15) is 4.79 Å². The van der Waals surface area contributed by atoms with Gasteiger partial charge in [-0.05, 0) is 35.4 Å². The molecular weight excluding hydrogens is 314 g/mol. The molecule has 2 aromatic heterocycles. The Hall–Kier alpha value is -3.54. The first kappa shape index (κ1) is 16.3. The summed E-state index contributed by atoms with van der Waals surface area (Å²) in [5, 5.41) is 7.16. The van der Waals surface area contributed by atoms with Crippen molar-refractivity contribution in [3.8, 4) is 0 Å². The maximum Gasteiger partial charge on any atom is 0.275 e. The minimum Gasteiger partial charge on any atom is -0.365 e. The van der Waals surface area contributed by atoms with E-state index in [1.54, 1.807) is 36.9 Å². The lowest BCUT2D eigenvalue weighted by Gasteiger charge is -2.09. The van der Waals surface area contributed by atoms with E-state index in [0.29, 0.717) is 17.9 Å². The Kier molecular flexibility index (Phi) is 5.45. The predicted octanol–water partition coefficient (Wildman–Crippen LogP) is 2.85. The minimum atomic E-state index is -0.322. The van der Waals surface area contributed by atoms with Crippen LogP contribution in [0.1, 0.15) is 21.5 Å². The molecule has 0 aliphatic heterocycles. The zero-order valence-corrected chi connectivity index (χ0v) is 13.5. The number of carbonyl (C=O) groups is 1. The van der Waals surface area contributed by atoms with Gasteiger partial charge in [-0.15, -0.1) is 0 Å². The van der Waals surface area contributed by atoms with Crippen molar-refractivity contribution in [1.82, 2.24) is 15.4 Å². The van der Waals surface area contributed by atoms with Crippen molar-refractivity contribution in [3.05, 3.63) is 89.9 Å². The number of anilines is 1. The van der Waals surface area contributed by atoms with Crippen molar-refractivity contribution in [2.75, 3.05) is 5.32 Å². The van der Waals surface area contributed by atoms with Gasteiger partial charge in [0.1, 0.15) is 5.82 Å². The van der Waals surface area contributed by atoms with Crippen molar-refractivity contribution >= 4 is 17.9 Å². The molecule has 25 heavy (non-hydrogen) atoms. The second-order valence-corrected chi connectivity index (χ2v) is 5.22. The molecular formula is C19H17N5O. The highest BCUT2D eigenvalue weighted by Crippen LogP contribution is 2.12. The second-order valence-electron chi connectivity index (χ2n) is 5.22. The Balaban J connectivity index is 1.65.